The van der Waals surface area contributed by atoms with Gasteiger partial charge in [-0.05, 0) is 62.0 Å². The summed E-state index contributed by atoms with van der Waals surface area (Å²) in [6.07, 6.45) is 4.23. The summed E-state index contributed by atoms with van der Waals surface area (Å²) in [6, 6.07) is 7.85. The van der Waals surface area contributed by atoms with Gasteiger partial charge in [0.1, 0.15) is 6.10 Å². The van der Waals surface area contributed by atoms with E-state index in [1.165, 1.54) is 6.42 Å². The molecule has 1 aliphatic carbocycles. The zero-order valence-corrected chi connectivity index (χ0v) is 17.4. The molecule has 146 valence electrons. The highest BCUT2D eigenvalue weighted by Gasteiger charge is 2.33. The Morgan fingerprint density at radius 3 is 2.56 bits per heavy atom. The van der Waals surface area contributed by atoms with Crippen molar-refractivity contribution in [3.8, 4) is 0 Å². The maximum absolute atomic E-state index is 13.0. The van der Waals surface area contributed by atoms with Crippen molar-refractivity contribution in [2.75, 3.05) is 19.0 Å². The number of hydrogen-bond donors (Lipinski definition) is 2. The first kappa shape index (κ1) is 19.7. The van der Waals surface area contributed by atoms with E-state index in [0.717, 1.165) is 36.2 Å². The van der Waals surface area contributed by atoms with Crippen LogP contribution in [0.3, 0.4) is 0 Å². The summed E-state index contributed by atoms with van der Waals surface area (Å²) in [5, 5.41) is 6.84. The Morgan fingerprint density at radius 1 is 1.22 bits per heavy atom. The molecule has 1 aliphatic heterocycles. The van der Waals surface area contributed by atoms with Gasteiger partial charge in [0.15, 0.2) is 5.11 Å². The Kier molecular flexibility index (Phi) is 6.05. The van der Waals surface area contributed by atoms with Crippen LogP contribution in [0.2, 0.25) is 0 Å². The minimum atomic E-state index is -0.302. The number of benzene rings is 1. The van der Waals surface area contributed by atoms with E-state index in [4.69, 9.17) is 17.0 Å². The van der Waals surface area contributed by atoms with Crippen molar-refractivity contribution in [2.45, 2.75) is 51.7 Å². The van der Waals surface area contributed by atoms with E-state index < -0.39 is 0 Å². The fourth-order valence-electron chi connectivity index (χ4n) is 3.88. The quantitative estimate of drug-likeness (QED) is 0.607. The first-order chi connectivity index (χ1) is 12.8. The second-order valence-electron chi connectivity index (χ2n) is 7.86. The SMILES string of the molecule is CC1=C(C(=O)O[C@@H]2CCC[C@@H](C)C2)[C@H](c2ccc(N(C)C)cc2)NC(=S)N1. The average Bonchev–Trinajstić information content (AvgIpc) is 2.61. The monoisotopic (exact) mass is 387 g/mol. The third kappa shape index (κ3) is 4.61. The zero-order chi connectivity index (χ0) is 19.6. The van der Waals surface area contributed by atoms with Crippen LogP contribution in [0.25, 0.3) is 0 Å². The van der Waals surface area contributed by atoms with E-state index in [0.29, 0.717) is 16.6 Å². The summed E-state index contributed by atoms with van der Waals surface area (Å²) >= 11 is 5.33. The van der Waals surface area contributed by atoms with Gasteiger partial charge in [0, 0.05) is 25.5 Å². The van der Waals surface area contributed by atoms with Gasteiger partial charge in [-0.15, -0.1) is 0 Å². The van der Waals surface area contributed by atoms with E-state index in [1.807, 2.05) is 50.2 Å². The number of allylic oxidation sites excluding steroid dienone is 1. The number of rotatable bonds is 4. The van der Waals surface area contributed by atoms with E-state index in [9.17, 15) is 4.79 Å². The highest BCUT2D eigenvalue weighted by atomic mass is 32.1. The van der Waals surface area contributed by atoms with Crippen LogP contribution in [0.15, 0.2) is 35.5 Å². The lowest BCUT2D eigenvalue weighted by Gasteiger charge is -2.32. The minimum absolute atomic E-state index is 0.00666. The molecule has 0 saturated heterocycles. The molecule has 5 nitrogen and oxygen atoms in total. The van der Waals surface area contributed by atoms with E-state index in [-0.39, 0.29) is 18.1 Å². The van der Waals surface area contributed by atoms with Gasteiger partial charge in [-0.3, -0.25) is 0 Å². The van der Waals surface area contributed by atoms with Crippen LogP contribution >= 0.6 is 12.2 Å². The number of anilines is 1. The van der Waals surface area contributed by atoms with Crippen molar-refractivity contribution >= 4 is 29.0 Å². The van der Waals surface area contributed by atoms with Gasteiger partial charge < -0.3 is 20.3 Å². The number of nitrogens with zero attached hydrogens (tertiary/aromatic N) is 1. The molecule has 3 atom stereocenters. The van der Waals surface area contributed by atoms with Crippen LogP contribution in [0.1, 0.15) is 51.1 Å². The number of esters is 1. The van der Waals surface area contributed by atoms with Gasteiger partial charge in [0.25, 0.3) is 0 Å². The molecule has 27 heavy (non-hydrogen) atoms. The molecule has 1 aromatic carbocycles. The first-order valence-electron chi connectivity index (χ1n) is 9.61. The van der Waals surface area contributed by atoms with Gasteiger partial charge in [-0.25, -0.2) is 4.79 Å². The molecule has 0 amide bonds. The number of nitrogens with one attached hydrogen (secondary N) is 2. The third-order valence-corrected chi connectivity index (χ3v) is 5.61. The van der Waals surface area contributed by atoms with Crippen LogP contribution in [-0.2, 0) is 9.53 Å². The molecule has 0 aromatic heterocycles. The fourth-order valence-corrected chi connectivity index (χ4v) is 4.15. The van der Waals surface area contributed by atoms with E-state index in [2.05, 4.69) is 17.6 Å². The largest absolute Gasteiger partial charge is 0.459 e. The molecule has 1 saturated carbocycles. The maximum Gasteiger partial charge on any atom is 0.338 e. The Bertz CT molecular complexity index is 742. The van der Waals surface area contributed by atoms with Crippen molar-refractivity contribution in [2.24, 2.45) is 5.92 Å². The zero-order valence-electron chi connectivity index (χ0n) is 16.5. The van der Waals surface area contributed by atoms with Crippen molar-refractivity contribution in [3.05, 3.63) is 41.1 Å². The number of carbonyl (C=O) groups excluding carboxylic acids is 1. The fraction of sp³-hybridized carbons (Fsp3) is 0.524. The molecule has 0 spiro atoms. The highest BCUT2D eigenvalue weighted by molar-refractivity contribution is 7.80. The number of carbonyl (C=O) groups is 1. The standard InChI is InChI=1S/C21H29N3O2S/c1-13-6-5-7-17(12-13)26-20(25)18-14(2)22-21(27)23-19(18)15-8-10-16(11-9-15)24(3)4/h8-11,13,17,19H,5-7,12H2,1-4H3,(H2,22,23,27)/t13-,17-,19+/m1/s1. The first-order valence-corrected chi connectivity index (χ1v) is 10.0. The lowest BCUT2D eigenvalue weighted by atomic mass is 9.88. The molecule has 6 heteroatoms. The number of thiocarbonyl (C=S) groups is 1. The molecule has 1 aromatic rings. The lowest BCUT2D eigenvalue weighted by molar-refractivity contribution is -0.146. The average molecular weight is 388 g/mol. The van der Waals surface area contributed by atoms with Gasteiger partial charge in [-0.1, -0.05) is 25.5 Å². The second-order valence-corrected chi connectivity index (χ2v) is 8.26. The normalized spacial score (nSPS) is 25.5. The summed E-state index contributed by atoms with van der Waals surface area (Å²) in [7, 11) is 4.01. The van der Waals surface area contributed by atoms with Crippen molar-refractivity contribution in [1.82, 2.24) is 10.6 Å². The molecule has 0 bridgehead atoms. The third-order valence-electron chi connectivity index (χ3n) is 5.39. The van der Waals surface area contributed by atoms with Gasteiger partial charge >= 0.3 is 5.97 Å². The van der Waals surface area contributed by atoms with Crippen molar-refractivity contribution < 1.29 is 9.53 Å². The topological polar surface area (TPSA) is 53.6 Å². The molecule has 3 rings (SSSR count). The number of ether oxygens (including phenoxy) is 1. The van der Waals surface area contributed by atoms with Crippen molar-refractivity contribution in [1.29, 1.82) is 0 Å². The van der Waals surface area contributed by atoms with Crippen LogP contribution < -0.4 is 15.5 Å². The molecule has 1 heterocycles. The van der Waals surface area contributed by atoms with Gasteiger partial charge in [0.2, 0.25) is 0 Å². The van der Waals surface area contributed by atoms with Crippen LogP contribution in [0.4, 0.5) is 5.69 Å². The molecule has 1 fully saturated rings. The van der Waals surface area contributed by atoms with Crippen LogP contribution in [-0.4, -0.2) is 31.3 Å². The summed E-state index contributed by atoms with van der Waals surface area (Å²) in [5.41, 5.74) is 3.47. The van der Waals surface area contributed by atoms with E-state index in [1.54, 1.807) is 0 Å². The van der Waals surface area contributed by atoms with E-state index >= 15 is 0 Å². The lowest BCUT2D eigenvalue weighted by Crippen LogP contribution is -2.45. The molecule has 2 N–H and O–H groups in total. The summed E-state index contributed by atoms with van der Waals surface area (Å²) < 4.78 is 5.89. The summed E-state index contributed by atoms with van der Waals surface area (Å²) in [5.74, 6) is 0.354. The number of hydrogen-bond acceptors (Lipinski definition) is 4. The Morgan fingerprint density at radius 2 is 1.93 bits per heavy atom. The van der Waals surface area contributed by atoms with Gasteiger partial charge in [0.05, 0.1) is 11.6 Å². The van der Waals surface area contributed by atoms with Crippen LogP contribution in [0, 0.1) is 5.92 Å². The molecule has 2 aliphatic rings. The Labute approximate surface area is 167 Å². The summed E-state index contributed by atoms with van der Waals surface area (Å²) in [4.78, 5) is 15.1. The maximum atomic E-state index is 13.0. The predicted octanol–water partition coefficient (Wildman–Crippen LogP) is 3.67. The minimum Gasteiger partial charge on any atom is -0.459 e. The van der Waals surface area contributed by atoms with Gasteiger partial charge in [-0.2, -0.15) is 0 Å². The Hall–Kier alpha value is -2.08. The summed E-state index contributed by atoms with van der Waals surface area (Å²) in [6.45, 7) is 4.11. The predicted molar refractivity (Wildman–Crippen MR) is 113 cm³/mol. The Balaban J connectivity index is 1.84. The molecule has 0 unspecified atom stereocenters. The molecular formula is C21H29N3O2S. The molecular weight excluding hydrogens is 358 g/mol. The smallest absolute Gasteiger partial charge is 0.338 e. The second kappa shape index (κ2) is 8.30. The highest BCUT2D eigenvalue weighted by Crippen LogP contribution is 2.31. The van der Waals surface area contributed by atoms with Crippen LogP contribution in [0.5, 0.6) is 0 Å². The van der Waals surface area contributed by atoms with Crippen molar-refractivity contribution in [3.63, 3.8) is 0 Å². The molecule has 0 radical (unpaired) electrons.